The Labute approximate surface area is 196 Å². The minimum atomic E-state index is -0.602. The average molecular weight is 463 g/mol. The quantitative estimate of drug-likeness (QED) is 0.285. The van der Waals surface area contributed by atoms with Crippen molar-refractivity contribution in [2.75, 3.05) is 12.4 Å². The number of halogens is 1. The first-order chi connectivity index (χ1) is 15.8. The molecule has 0 aliphatic carbocycles. The van der Waals surface area contributed by atoms with E-state index in [2.05, 4.69) is 10.3 Å². The lowest BCUT2D eigenvalue weighted by Gasteiger charge is -2.20. The molecule has 0 aliphatic rings. The second-order valence-electron chi connectivity index (χ2n) is 7.87. The summed E-state index contributed by atoms with van der Waals surface area (Å²) in [6.45, 7) is 5.63. The number of pyridine rings is 1. The van der Waals surface area contributed by atoms with E-state index in [9.17, 15) is 9.59 Å². The van der Waals surface area contributed by atoms with E-state index in [-0.39, 0.29) is 22.3 Å². The summed E-state index contributed by atoms with van der Waals surface area (Å²) >= 11 is 5.98. The van der Waals surface area contributed by atoms with Crippen molar-refractivity contribution in [3.8, 4) is 11.3 Å². The number of hydrogen-bond acceptors (Lipinski definition) is 6. The molecule has 1 N–H and O–H groups in total. The molecule has 33 heavy (non-hydrogen) atoms. The van der Waals surface area contributed by atoms with Gasteiger partial charge in [0.05, 0.1) is 24.2 Å². The molecular weight excluding hydrogens is 440 g/mol. The van der Waals surface area contributed by atoms with Crippen LogP contribution in [0.2, 0.25) is 5.15 Å². The fraction of sp³-hybridized carbons (Fsp3) is 0.192. The maximum absolute atomic E-state index is 13.3. The molecule has 6 nitrogen and oxygen atoms in total. The molecule has 0 saturated heterocycles. The molecule has 4 aromatic rings. The lowest BCUT2D eigenvalue weighted by molar-refractivity contribution is 0.0595. The van der Waals surface area contributed by atoms with Gasteiger partial charge in [-0.05, 0) is 44.5 Å². The van der Waals surface area contributed by atoms with Crippen molar-refractivity contribution < 1.29 is 13.9 Å². The van der Waals surface area contributed by atoms with Crippen molar-refractivity contribution in [2.24, 2.45) is 0 Å². The number of rotatable bonds is 5. The molecule has 7 heteroatoms. The van der Waals surface area contributed by atoms with Gasteiger partial charge in [-0.15, -0.1) is 0 Å². The Morgan fingerprint density at radius 2 is 1.85 bits per heavy atom. The Balaban J connectivity index is 1.87. The van der Waals surface area contributed by atoms with Gasteiger partial charge in [-0.2, -0.15) is 0 Å². The highest BCUT2D eigenvalue weighted by Gasteiger charge is 2.21. The average Bonchev–Trinajstić information content (AvgIpc) is 2.82. The van der Waals surface area contributed by atoms with Gasteiger partial charge in [0.15, 0.2) is 11.1 Å². The lowest BCUT2D eigenvalue weighted by atomic mass is 9.98. The van der Waals surface area contributed by atoms with Crippen molar-refractivity contribution in [1.82, 2.24) is 4.98 Å². The van der Waals surface area contributed by atoms with E-state index < -0.39 is 5.97 Å². The van der Waals surface area contributed by atoms with Crippen LogP contribution in [0.15, 0.2) is 63.8 Å². The van der Waals surface area contributed by atoms with Crippen molar-refractivity contribution in [2.45, 2.75) is 26.8 Å². The second kappa shape index (κ2) is 9.08. The van der Waals surface area contributed by atoms with Crippen LogP contribution in [0.1, 0.15) is 40.1 Å². The zero-order valence-corrected chi connectivity index (χ0v) is 19.5. The molecule has 0 saturated carbocycles. The van der Waals surface area contributed by atoms with Gasteiger partial charge < -0.3 is 14.5 Å². The number of fused-ring (bicyclic) bond motifs is 1. The summed E-state index contributed by atoms with van der Waals surface area (Å²) in [4.78, 5) is 29.6. The molecule has 2 aromatic heterocycles. The minimum absolute atomic E-state index is 0.0735. The van der Waals surface area contributed by atoms with Crippen molar-refractivity contribution in [1.29, 1.82) is 0 Å². The van der Waals surface area contributed by atoms with E-state index >= 15 is 0 Å². The van der Waals surface area contributed by atoms with Crippen LogP contribution in [0.5, 0.6) is 0 Å². The highest BCUT2D eigenvalue weighted by Crippen LogP contribution is 2.32. The molecular formula is C26H23ClN2O4. The predicted molar refractivity (Wildman–Crippen MR) is 130 cm³/mol. The number of benzene rings is 2. The highest BCUT2D eigenvalue weighted by atomic mass is 35.5. The van der Waals surface area contributed by atoms with Crippen LogP contribution in [0.4, 0.5) is 5.69 Å². The molecule has 4 rings (SSSR count). The van der Waals surface area contributed by atoms with Crippen LogP contribution in [0, 0.1) is 13.8 Å². The van der Waals surface area contributed by atoms with Gasteiger partial charge in [-0.25, -0.2) is 9.78 Å². The number of carbonyl (C=O) groups excluding carboxylic acids is 1. The summed E-state index contributed by atoms with van der Waals surface area (Å²) in [6.07, 6.45) is 0. The predicted octanol–water partition coefficient (Wildman–Crippen LogP) is 6.08. The molecule has 0 fully saturated rings. The summed E-state index contributed by atoms with van der Waals surface area (Å²) < 4.78 is 11.2. The number of carbonyl (C=O) groups is 1. The Kier molecular flexibility index (Phi) is 6.20. The number of nitrogens with zero attached hydrogens (tertiary/aromatic N) is 1. The maximum Gasteiger partial charge on any atom is 0.358 e. The maximum atomic E-state index is 13.3. The van der Waals surface area contributed by atoms with E-state index in [1.165, 1.54) is 7.11 Å². The van der Waals surface area contributed by atoms with Gasteiger partial charge >= 0.3 is 5.97 Å². The van der Waals surface area contributed by atoms with E-state index in [4.69, 9.17) is 20.8 Å². The normalized spacial score (nSPS) is 11.9. The largest absolute Gasteiger partial charge is 0.464 e. The van der Waals surface area contributed by atoms with E-state index in [0.29, 0.717) is 28.0 Å². The number of ether oxygens (including phenoxy) is 1. The first-order valence-corrected chi connectivity index (χ1v) is 10.8. The zero-order chi connectivity index (χ0) is 23.7. The third-order valence-corrected chi connectivity index (χ3v) is 5.72. The van der Waals surface area contributed by atoms with Crippen molar-refractivity contribution in [3.05, 3.63) is 92.4 Å². The van der Waals surface area contributed by atoms with Gasteiger partial charge in [0, 0.05) is 16.7 Å². The molecule has 2 heterocycles. The molecule has 0 aliphatic heterocycles. The van der Waals surface area contributed by atoms with Gasteiger partial charge in [0.25, 0.3) is 0 Å². The molecule has 0 radical (unpaired) electrons. The first-order valence-electron chi connectivity index (χ1n) is 10.4. The summed E-state index contributed by atoms with van der Waals surface area (Å²) in [7, 11) is 1.29. The van der Waals surface area contributed by atoms with E-state index in [1.807, 2.05) is 56.3 Å². The standard InChI is InChI=1S/C26H23ClN2O4/c1-14-12-18(16(3)28-20-10-11-21(27)29-22(20)26(31)32-4)25-19(13-14)23(30)15(2)24(33-25)17-8-6-5-7-9-17/h5-13,16,28H,1-4H3. The topological polar surface area (TPSA) is 81.4 Å². The van der Waals surface area contributed by atoms with Crippen LogP contribution in [0.3, 0.4) is 0 Å². The lowest BCUT2D eigenvalue weighted by Crippen LogP contribution is -2.15. The fourth-order valence-electron chi connectivity index (χ4n) is 3.87. The van der Waals surface area contributed by atoms with Crippen LogP contribution in [0.25, 0.3) is 22.3 Å². The number of methoxy groups -OCH3 is 1. The van der Waals surface area contributed by atoms with Crippen LogP contribution >= 0.6 is 11.6 Å². The van der Waals surface area contributed by atoms with Crippen molar-refractivity contribution in [3.63, 3.8) is 0 Å². The summed E-state index contributed by atoms with van der Waals surface area (Å²) in [6, 6.07) is 16.3. The Hall–Kier alpha value is -3.64. The van der Waals surface area contributed by atoms with Crippen molar-refractivity contribution >= 4 is 34.2 Å². The zero-order valence-electron chi connectivity index (χ0n) is 18.7. The molecule has 0 amide bonds. The third kappa shape index (κ3) is 4.34. The van der Waals surface area contributed by atoms with Gasteiger partial charge in [-0.1, -0.05) is 48.0 Å². The van der Waals surface area contributed by atoms with Gasteiger partial charge in [0.1, 0.15) is 16.5 Å². The number of nitrogens with one attached hydrogen (secondary N) is 1. The number of aryl methyl sites for hydroxylation is 1. The highest BCUT2D eigenvalue weighted by molar-refractivity contribution is 6.29. The summed E-state index contributed by atoms with van der Waals surface area (Å²) in [5.74, 6) is -0.0661. The molecule has 1 atom stereocenters. The number of esters is 1. The first kappa shape index (κ1) is 22.6. The molecule has 0 spiro atoms. The smallest absolute Gasteiger partial charge is 0.358 e. The van der Waals surface area contributed by atoms with Gasteiger partial charge in [-0.3, -0.25) is 4.79 Å². The Morgan fingerprint density at radius 1 is 1.12 bits per heavy atom. The SMILES string of the molecule is COC(=O)c1nc(Cl)ccc1NC(C)c1cc(C)cc2c(=O)c(C)c(-c3ccccc3)oc12. The van der Waals surface area contributed by atoms with Gasteiger partial charge in [0.2, 0.25) is 0 Å². The number of aromatic nitrogens is 1. The van der Waals surface area contributed by atoms with E-state index in [1.54, 1.807) is 19.1 Å². The van der Waals surface area contributed by atoms with Crippen LogP contribution in [-0.2, 0) is 4.74 Å². The molecule has 1 unspecified atom stereocenters. The van der Waals surface area contributed by atoms with Crippen LogP contribution < -0.4 is 10.7 Å². The summed E-state index contributed by atoms with van der Waals surface area (Å²) in [5.41, 5.74) is 4.06. The molecule has 168 valence electrons. The Bertz CT molecular complexity index is 1410. The number of anilines is 1. The van der Waals surface area contributed by atoms with Crippen LogP contribution in [-0.4, -0.2) is 18.1 Å². The minimum Gasteiger partial charge on any atom is -0.464 e. The summed E-state index contributed by atoms with van der Waals surface area (Å²) in [5, 5.41) is 3.99. The number of hydrogen-bond donors (Lipinski definition) is 1. The monoisotopic (exact) mass is 462 g/mol. The molecule has 0 bridgehead atoms. The van der Waals surface area contributed by atoms with E-state index in [0.717, 1.165) is 16.7 Å². The second-order valence-corrected chi connectivity index (χ2v) is 8.26. The third-order valence-electron chi connectivity index (χ3n) is 5.51. The molecule has 2 aromatic carbocycles. The fourth-order valence-corrected chi connectivity index (χ4v) is 4.02. The Morgan fingerprint density at radius 3 is 2.55 bits per heavy atom.